The molecule has 0 fully saturated rings. The van der Waals surface area contributed by atoms with Gasteiger partial charge in [0.05, 0.1) is 11.9 Å². The molecule has 140 valence electrons. The maximum Gasteiger partial charge on any atom is 0.264 e. The van der Waals surface area contributed by atoms with Crippen LogP contribution in [-0.4, -0.2) is 25.2 Å². The number of para-hydroxylation sites is 2. The van der Waals surface area contributed by atoms with E-state index in [0.29, 0.717) is 16.9 Å². The Bertz CT molecular complexity index is 1180. The van der Waals surface area contributed by atoms with Crippen LogP contribution in [0.2, 0.25) is 0 Å². The quantitative estimate of drug-likeness (QED) is 0.583. The molecule has 1 amide bonds. The van der Waals surface area contributed by atoms with Crippen molar-refractivity contribution in [1.82, 2.24) is 19.3 Å². The lowest BCUT2D eigenvalue weighted by molar-refractivity contribution is -0.116. The Hall–Kier alpha value is -3.74. The number of rotatable bonds is 5. The van der Waals surface area contributed by atoms with Gasteiger partial charge in [0.25, 0.3) is 5.56 Å². The fraction of sp³-hybridized carbons (Fsp3) is 0.143. The summed E-state index contributed by atoms with van der Waals surface area (Å²) in [6, 6.07) is 18.8. The van der Waals surface area contributed by atoms with Gasteiger partial charge in [0.15, 0.2) is 5.65 Å². The number of fused-ring (bicyclic) bond motifs is 1. The van der Waals surface area contributed by atoms with E-state index >= 15 is 0 Å². The Labute approximate surface area is 161 Å². The number of aryl methyl sites for hydroxylation is 1. The third-order valence-electron chi connectivity index (χ3n) is 4.50. The molecule has 1 N–H and O–H groups in total. The van der Waals surface area contributed by atoms with Gasteiger partial charge in [-0.15, -0.1) is 0 Å². The molecule has 0 aliphatic rings. The lowest BCUT2D eigenvalue weighted by Gasteiger charge is -2.10. The lowest BCUT2D eigenvalue weighted by Crippen LogP contribution is -2.26. The van der Waals surface area contributed by atoms with Gasteiger partial charge in [-0.1, -0.05) is 36.4 Å². The zero-order valence-corrected chi connectivity index (χ0v) is 15.4. The molecule has 0 atom stereocenters. The van der Waals surface area contributed by atoms with Crippen LogP contribution in [0.3, 0.4) is 0 Å². The van der Waals surface area contributed by atoms with Gasteiger partial charge in [-0.25, -0.2) is 9.67 Å². The standard InChI is InChI=1S/C21H19N5O2/c1-15-23-20-18(14-22-26(20)17-10-6-3-7-11-17)21(28)25(15)13-12-19(27)24-16-8-4-2-5-9-16/h2-11,14H,12-13H2,1H3,(H,24,27). The van der Waals surface area contributed by atoms with E-state index < -0.39 is 0 Å². The molecule has 0 saturated carbocycles. The van der Waals surface area contributed by atoms with Crippen LogP contribution in [0.5, 0.6) is 0 Å². The third kappa shape index (κ3) is 3.42. The highest BCUT2D eigenvalue weighted by Crippen LogP contribution is 2.14. The second-order valence-corrected chi connectivity index (χ2v) is 6.41. The largest absolute Gasteiger partial charge is 0.326 e. The predicted octanol–water partition coefficient (Wildman–Crippen LogP) is 2.92. The molecule has 4 aromatic rings. The van der Waals surface area contributed by atoms with Crippen LogP contribution in [0.4, 0.5) is 5.69 Å². The average molecular weight is 373 g/mol. The molecule has 0 aliphatic carbocycles. The number of nitrogens with zero attached hydrogens (tertiary/aromatic N) is 4. The highest BCUT2D eigenvalue weighted by molar-refractivity contribution is 5.90. The number of hydrogen-bond acceptors (Lipinski definition) is 4. The molecule has 7 nitrogen and oxygen atoms in total. The van der Waals surface area contributed by atoms with Crippen molar-refractivity contribution in [3.63, 3.8) is 0 Å². The molecule has 2 aromatic heterocycles. The first-order chi connectivity index (χ1) is 13.6. The van der Waals surface area contributed by atoms with Gasteiger partial charge in [-0.3, -0.25) is 14.2 Å². The van der Waals surface area contributed by atoms with Crippen LogP contribution in [0.25, 0.3) is 16.7 Å². The summed E-state index contributed by atoms with van der Waals surface area (Å²) < 4.78 is 3.17. The van der Waals surface area contributed by atoms with Crippen molar-refractivity contribution in [1.29, 1.82) is 0 Å². The summed E-state index contributed by atoms with van der Waals surface area (Å²) in [4.78, 5) is 29.7. The zero-order chi connectivity index (χ0) is 19.5. The van der Waals surface area contributed by atoms with Crippen LogP contribution in [-0.2, 0) is 11.3 Å². The monoisotopic (exact) mass is 373 g/mol. The van der Waals surface area contributed by atoms with Gasteiger partial charge in [-0.2, -0.15) is 5.10 Å². The van der Waals surface area contributed by atoms with Gasteiger partial charge in [0.2, 0.25) is 5.91 Å². The van der Waals surface area contributed by atoms with Gasteiger partial charge >= 0.3 is 0 Å². The second-order valence-electron chi connectivity index (χ2n) is 6.41. The van der Waals surface area contributed by atoms with Crippen LogP contribution >= 0.6 is 0 Å². The number of carbonyl (C=O) groups excluding carboxylic acids is 1. The van der Waals surface area contributed by atoms with Crippen LogP contribution in [0, 0.1) is 6.92 Å². The van der Waals surface area contributed by atoms with E-state index in [0.717, 1.165) is 11.4 Å². The first-order valence-electron chi connectivity index (χ1n) is 8.99. The topological polar surface area (TPSA) is 81.8 Å². The minimum atomic E-state index is -0.197. The normalized spacial score (nSPS) is 10.9. The molecule has 0 radical (unpaired) electrons. The number of carbonyl (C=O) groups is 1. The molecular weight excluding hydrogens is 354 g/mol. The first kappa shape index (κ1) is 17.7. The molecule has 0 saturated heterocycles. The predicted molar refractivity (Wildman–Crippen MR) is 108 cm³/mol. The summed E-state index contributed by atoms with van der Waals surface area (Å²) >= 11 is 0. The summed E-state index contributed by atoms with van der Waals surface area (Å²) in [5.74, 6) is 0.389. The lowest BCUT2D eigenvalue weighted by atomic mass is 10.3. The minimum absolute atomic E-state index is 0.155. The summed E-state index contributed by atoms with van der Waals surface area (Å²) in [7, 11) is 0. The number of amides is 1. The highest BCUT2D eigenvalue weighted by atomic mass is 16.2. The Kier molecular flexibility index (Phi) is 4.72. The number of benzene rings is 2. The van der Waals surface area contributed by atoms with Crippen molar-refractivity contribution in [2.75, 3.05) is 5.32 Å². The Balaban J connectivity index is 1.58. The molecule has 0 bridgehead atoms. The molecule has 2 heterocycles. The molecule has 2 aromatic carbocycles. The summed E-state index contributed by atoms with van der Waals surface area (Å²) in [6.07, 6.45) is 1.70. The molecule has 0 unspecified atom stereocenters. The van der Waals surface area contributed by atoms with Crippen LogP contribution in [0.1, 0.15) is 12.2 Å². The number of aromatic nitrogens is 4. The van der Waals surface area contributed by atoms with Crippen molar-refractivity contribution < 1.29 is 4.79 Å². The number of anilines is 1. The Morgan fingerprint density at radius 2 is 1.71 bits per heavy atom. The van der Waals surface area contributed by atoms with E-state index in [9.17, 15) is 9.59 Å². The van der Waals surface area contributed by atoms with E-state index in [1.807, 2.05) is 60.7 Å². The molecule has 0 spiro atoms. The van der Waals surface area contributed by atoms with Crippen LogP contribution < -0.4 is 10.9 Å². The summed E-state index contributed by atoms with van der Waals surface area (Å²) in [5.41, 5.74) is 1.88. The first-order valence-corrected chi connectivity index (χ1v) is 8.99. The Morgan fingerprint density at radius 3 is 2.43 bits per heavy atom. The van der Waals surface area contributed by atoms with Crippen molar-refractivity contribution in [3.8, 4) is 5.69 Å². The van der Waals surface area contributed by atoms with Crippen molar-refractivity contribution in [3.05, 3.63) is 83.0 Å². The van der Waals surface area contributed by atoms with Gasteiger partial charge in [0.1, 0.15) is 11.2 Å². The van der Waals surface area contributed by atoms with E-state index in [1.165, 1.54) is 10.8 Å². The van der Waals surface area contributed by atoms with Gasteiger partial charge in [-0.05, 0) is 31.2 Å². The number of nitrogens with one attached hydrogen (secondary N) is 1. The third-order valence-corrected chi connectivity index (χ3v) is 4.50. The van der Waals surface area contributed by atoms with E-state index in [2.05, 4.69) is 15.4 Å². The van der Waals surface area contributed by atoms with E-state index in [4.69, 9.17) is 0 Å². The van der Waals surface area contributed by atoms with Crippen LogP contribution in [0.15, 0.2) is 71.7 Å². The smallest absolute Gasteiger partial charge is 0.264 e. The summed E-state index contributed by atoms with van der Waals surface area (Å²) in [5, 5.41) is 7.57. The van der Waals surface area contributed by atoms with Gasteiger partial charge < -0.3 is 5.32 Å². The Morgan fingerprint density at radius 1 is 1.04 bits per heavy atom. The average Bonchev–Trinajstić information content (AvgIpc) is 3.13. The van der Waals surface area contributed by atoms with Crippen molar-refractivity contribution in [2.24, 2.45) is 0 Å². The summed E-state index contributed by atoms with van der Waals surface area (Å²) in [6.45, 7) is 2.01. The highest BCUT2D eigenvalue weighted by Gasteiger charge is 2.14. The maximum absolute atomic E-state index is 12.9. The SMILES string of the molecule is Cc1nc2c(cnn2-c2ccccc2)c(=O)n1CCC(=O)Nc1ccccc1. The van der Waals surface area contributed by atoms with E-state index in [1.54, 1.807) is 11.6 Å². The molecule has 28 heavy (non-hydrogen) atoms. The fourth-order valence-corrected chi connectivity index (χ4v) is 3.09. The fourth-order valence-electron chi connectivity index (χ4n) is 3.09. The molecule has 4 rings (SSSR count). The van der Waals surface area contributed by atoms with Crippen molar-refractivity contribution >= 4 is 22.6 Å². The molecule has 0 aliphatic heterocycles. The maximum atomic E-state index is 12.9. The van der Waals surface area contributed by atoms with E-state index in [-0.39, 0.29) is 24.4 Å². The molecule has 7 heteroatoms. The minimum Gasteiger partial charge on any atom is -0.326 e. The number of hydrogen-bond donors (Lipinski definition) is 1. The zero-order valence-electron chi connectivity index (χ0n) is 15.4. The second kappa shape index (κ2) is 7.48. The van der Waals surface area contributed by atoms with Crippen molar-refractivity contribution in [2.45, 2.75) is 19.9 Å². The molecular formula is C21H19N5O2. The van der Waals surface area contributed by atoms with Gasteiger partial charge in [0, 0.05) is 18.7 Å².